The van der Waals surface area contributed by atoms with E-state index in [9.17, 15) is 4.79 Å². The standard InChI is InChI=1S/C18H19N11O3S/c1-10(11-5-4-6-12(7-11)31-3)21-23-17(30)14-13(8-33-18-24-20-9-28(18)2)29(27-22-14)16-15(19)25-32-26-16/h4-7,9H,8H2,1-3H3,(H2,19,25)(H,23,30). The lowest BCUT2D eigenvalue weighted by Crippen LogP contribution is -2.21. The van der Waals surface area contributed by atoms with Crippen LogP contribution in [0, 0.1) is 0 Å². The Balaban J connectivity index is 1.60. The van der Waals surface area contributed by atoms with Crippen LogP contribution in [0.3, 0.4) is 0 Å². The largest absolute Gasteiger partial charge is 0.497 e. The van der Waals surface area contributed by atoms with E-state index in [0.29, 0.717) is 22.3 Å². The molecule has 3 aromatic heterocycles. The first-order chi connectivity index (χ1) is 16.0. The molecule has 4 rings (SSSR count). The molecule has 1 aromatic carbocycles. The van der Waals surface area contributed by atoms with Crippen LogP contribution in [0.5, 0.6) is 5.75 Å². The summed E-state index contributed by atoms with van der Waals surface area (Å²) in [6.45, 7) is 1.76. The number of amides is 1. The summed E-state index contributed by atoms with van der Waals surface area (Å²) >= 11 is 1.32. The number of aryl methyl sites for hydroxylation is 1. The number of nitrogen functional groups attached to an aromatic ring is 1. The summed E-state index contributed by atoms with van der Waals surface area (Å²) < 4.78 is 12.9. The first-order valence-electron chi connectivity index (χ1n) is 9.46. The molecule has 0 spiro atoms. The van der Waals surface area contributed by atoms with Crippen molar-refractivity contribution in [3.8, 4) is 11.6 Å². The number of benzene rings is 1. The van der Waals surface area contributed by atoms with E-state index in [1.54, 1.807) is 32.0 Å². The second-order valence-corrected chi connectivity index (χ2v) is 7.60. The Morgan fingerprint density at radius 3 is 2.88 bits per heavy atom. The minimum atomic E-state index is -0.563. The van der Waals surface area contributed by atoms with E-state index in [0.717, 1.165) is 5.56 Å². The molecule has 15 heteroatoms. The lowest BCUT2D eigenvalue weighted by Gasteiger charge is -2.06. The summed E-state index contributed by atoms with van der Waals surface area (Å²) in [4.78, 5) is 12.9. The Kier molecular flexibility index (Phi) is 6.30. The van der Waals surface area contributed by atoms with Gasteiger partial charge in [-0.2, -0.15) is 9.78 Å². The van der Waals surface area contributed by atoms with E-state index in [1.165, 1.54) is 16.4 Å². The van der Waals surface area contributed by atoms with Crippen molar-refractivity contribution in [2.75, 3.05) is 12.8 Å². The maximum absolute atomic E-state index is 12.9. The highest BCUT2D eigenvalue weighted by atomic mass is 32.2. The van der Waals surface area contributed by atoms with Crippen LogP contribution in [0.4, 0.5) is 5.82 Å². The molecule has 0 aliphatic carbocycles. The van der Waals surface area contributed by atoms with Crippen LogP contribution < -0.4 is 15.9 Å². The summed E-state index contributed by atoms with van der Waals surface area (Å²) in [7, 11) is 3.38. The minimum absolute atomic E-state index is 0.00339. The van der Waals surface area contributed by atoms with Gasteiger partial charge in [0.05, 0.1) is 18.5 Å². The second kappa shape index (κ2) is 9.47. The number of nitrogens with zero attached hydrogens (tertiary/aromatic N) is 9. The lowest BCUT2D eigenvalue weighted by atomic mass is 10.1. The first-order valence-corrected chi connectivity index (χ1v) is 10.4. The van der Waals surface area contributed by atoms with Crippen molar-refractivity contribution in [1.82, 2.24) is 45.5 Å². The maximum atomic E-state index is 12.9. The Morgan fingerprint density at radius 2 is 2.18 bits per heavy atom. The summed E-state index contributed by atoms with van der Waals surface area (Å²) in [5, 5.41) is 28.0. The van der Waals surface area contributed by atoms with E-state index in [4.69, 9.17) is 10.5 Å². The van der Waals surface area contributed by atoms with Crippen molar-refractivity contribution in [2.24, 2.45) is 12.1 Å². The van der Waals surface area contributed by atoms with Gasteiger partial charge in [-0.3, -0.25) is 4.79 Å². The van der Waals surface area contributed by atoms with Crippen LogP contribution >= 0.6 is 11.8 Å². The van der Waals surface area contributed by atoms with Crippen molar-refractivity contribution in [1.29, 1.82) is 0 Å². The average Bonchev–Trinajstić information content (AvgIpc) is 3.55. The van der Waals surface area contributed by atoms with Gasteiger partial charge in [-0.25, -0.2) is 10.1 Å². The molecule has 3 N–H and O–H groups in total. The van der Waals surface area contributed by atoms with Crippen LogP contribution in [0.2, 0.25) is 0 Å². The number of carbonyl (C=O) groups is 1. The van der Waals surface area contributed by atoms with Crippen LogP contribution in [0.1, 0.15) is 28.7 Å². The molecule has 0 radical (unpaired) electrons. The van der Waals surface area contributed by atoms with Crippen molar-refractivity contribution < 1.29 is 14.2 Å². The van der Waals surface area contributed by atoms with Gasteiger partial charge < -0.3 is 15.0 Å². The topological polar surface area (TPSA) is 177 Å². The number of methoxy groups -OCH3 is 1. The number of carbonyl (C=O) groups excluding carboxylic acids is 1. The fourth-order valence-electron chi connectivity index (χ4n) is 2.75. The lowest BCUT2D eigenvalue weighted by molar-refractivity contribution is 0.0949. The normalized spacial score (nSPS) is 11.5. The summed E-state index contributed by atoms with van der Waals surface area (Å²) in [6.07, 6.45) is 1.57. The number of aromatic nitrogens is 8. The average molecular weight is 469 g/mol. The van der Waals surface area contributed by atoms with Crippen LogP contribution in [-0.4, -0.2) is 58.8 Å². The molecule has 0 aliphatic heterocycles. The van der Waals surface area contributed by atoms with Gasteiger partial charge in [0.1, 0.15) is 12.1 Å². The zero-order chi connectivity index (χ0) is 23.4. The second-order valence-electron chi connectivity index (χ2n) is 6.65. The highest BCUT2D eigenvalue weighted by Crippen LogP contribution is 2.24. The predicted octanol–water partition coefficient (Wildman–Crippen LogP) is 0.816. The Morgan fingerprint density at radius 1 is 1.33 bits per heavy atom. The molecule has 0 atom stereocenters. The molecular formula is C18H19N11O3S. The molecule has 0 bridgehead atoms. The quantitative estimate of drug-likeness (QED) is 0.212. The van der Waals surface area contributed by atoms with E-state index >= 15 is 0 Å². The SMILES string of the molecule is COc1cccc(C(C)=NNC(=O)c2nnn(-c3nonc3N)c2CSc2nncn2C)c1. The third-order valence-electron chi connectivity index (χ3n) is 4.49. The number of nitrogens with two attached hydrogens (primary N) is 1. The fraction of sp³-hybridized carbons (Fsp3) is 0.222. The number of ether oxygens (including phenoxy) is 1. The molecule has 33 heavy (non-hydrogen) atoms. The summed E-state index contributed by atoms with van der Waals surface area (Å²) in [5.74, 6) is 0.493. The van der Waals surface area contributed by atoms with Crippen molar-refractivity contribution in [2.45, 2.75) is 17.8 Å². The van der Waals surface area contributed by atoms with Gasteiger partial charge in [0, 0.05) is 18.4 Å². The Bertz CT molecular complexity index is 1310. The Labute approximate surface area is 191 Å². The van der Waals surface area contributed by atoms with E-state index < -0.39 is 5.91 Å². The number of thioether (sulfide) groups is 1. The summed E-state index contributed by atoms with van der Waals surface area (Å²) in [5.41, 5.74) is 10.1. The molecular weight excluding hydrogens is 450 g/mol. The van der Waals surface area contributed by atoms with E-state index in [2.05, 4.69) is 46.0 Å². The first kappa shape index (κ1) is 21.9. The zero-order valence-corrected chi connectivity index (χ0v) is 18.6. The summed E-state index contributed by atoms with van der Waals surface area (Å²) in [6, 6.07) is 7.32. The highest BCUT2D eigenvalue weighted by Gasteiger charge is 2.24. The Hall–Kier alpha value is -4.27. The predicted molar refractivity (Wildman–Crippen MR) is 117 cm³/mol. The third-order valence-corrected chi connectivity index (χ3v) is 5.54. The molecule has 0 aliphatic rings. The molecule has 0 saturated carbocycles. The third kappa shape index (κ3) is 4.67. The molecule has 3 heterocycles. The van der Waals surface area contributed by atoms with Gasteiger partial charge in [-0.05, 0) is 29.4 Å². The van der Waals surface area contributed by atoms with Crippen molar-refractivity contribution >= 4 is 29.2 Å². The monoisotopic (exact) mass is 469 g/mol. The van der Waals surface area contributed by atoms with E-state index in [1.807, 2.05) is 24.3 Å². The number of nitrogens with one attached hydrogen (secondary N) is 1. The number of hydrazone groups is 1. The van der Waals surface area contributed by atoms with Crippen molar-refractivity contribution in [3.05, 3.63) is 47.5 Å². The molecule has 0 saturated heterocycles. The van der Waals surface area contributed by atoms with Gasteiger partial charge in [-0.15, -0.1) is 15.3 Å². The minimum Gasteiger partial charge on any atom is -0.497 e. The van der Waals surface area contributed by atoms with Gasteiger partial charge in [0.15, 0.2) is 10.9 Å². The van der Waals surface area contributed by atoms with E-state index in [-0.39, 0.29) is 23.1 Å². The highest BCUT2D eigenvalue weighted by molar-refractivity contribution is 7.98. The molecule has 1 amide bonds. The van der Waals surface area contributed by atoms with Crippen LogP contribution in [0.25, 0.3) is 5.82 Å². The van der Waals surface area contributed by atoms with Gasteiger partial charge in [-0.1, -0.05) is 29.1 Å². The van der Waals surface area contributed by atoms with Crippen LogP contribution in [-0.2, 0) is 12.8 Å². The maximum Gasteiger partial charge on any atom is 0.293 e. The zero-order valence-electron chi connectivity index (χ0n) is 17.8. The molecule has 0 unspecified atom stereocenters. The van der Waals surface area contributed by atoms with Gasteiger partial charge >= 0.3 is 0 Å². The fourth-order valence-corrected chi connectivity index (χ4v) is 3.63. The number of rotatable bonds is 8. The number of hydrogen-bond donors (Lipinski definition) is 2. The van der Waals surface area contributed by atoms with Crippen molar-refractivity contribution in [3.63, 3.8) is 0 Å². The van der Waals surface area contributed by atoms with Gasteiger partial charge in [0.25, 0.3) is 5.91 Å². The molecule has 170 valence electrons. The smallest absolute Gasteiger partial charge is 0.293 e. The number of hydrogen-bond acceptors (Lipinski definition) is 12. The molecule has 14 nitrogen and oxygen atoms in total. The van der Waals surface area contributed by atoms with Crippen LogP contribution in [0.15, 0.2) is 45.5 Å². The van der Waals surface area contributed by atoms with Gasteiger partial charge in [0.2, 0.25) is 11.6 Å². The number of anilines is 1. The molecule has 4 aromatic rings. The molecule has 0 fully saturated rings.